The van der Waals surface area contributed by atoms with Gasteiger partial charge in [0.25, 0.3) is 0 Å². The van der Waals surface area contributed by atoms with E-state index in [0.717, 1.165) is 11.4 Å². The minimum atomic E-state index is 0.0476. The fraction of sp³-hybridized carbons (Fsp3) is 0.262. The van der Waals surface area contributed by atoms with Crippen LogP contribution in [-0.4, -0.2) is 7.28 Å². The Morgan fingerprint density at radius 2 is 1.07 bits per heavy atom. The van der Waals surface area contributed by atoms with Crippen molar-refractivity contribution in [2.45, 2.75) is 110 Å². The first-order chi connectivity index (χ1) is 33.5. The van der Waals surface area contributed by atoms with Crippen LogP contribution < -0.4 is 20.5 Å². The number of aryl methyl sites for hydroxylation is 1. The molecule has 0 saturated heterocycles. The van der Waals surface area contributed by atoms with Gasteiger partial charge in [0.2, 0.25) is 7.28 Å². The average molecular weight is 944 g/mol. The second-order valence-electron chi connectivity index (χ2n) is 23.4. The van der Waals surface area contributed by atoms with Gasteiger partial charge in [-0.3, -0.25) is 0 Å². The molecule has 0 saturated carbocycles. The zero-order chi connectivity index (χ0) is 48.1. The number of nitrogens with one attached hydrogen (secondary N) is 1. The first-order valence-corrected chi connectivity index (χ1v) is 27.0. The van der Waals surface area contributed by atoms with Crippen LogP contribution in [0, 0.1) is 6.92 Å². The Kier molecular flexibility index (Phi) is 9.67. The van der Waals surface area contributed by atoms with E-state index in [0.29, 0.717) is 0 Å². The van der Waals surface area contributed by atoms with Crippen molar-refractivity contribution >= 4 is 110 Å². The lowest BCUT2D eigenvalue weighted by atomic mass is 9.61. The van der Waals surface area contributed by atoms with Crippen LogP contribution in [-0.2, 0) is 21.7 Å². The average Bonchev–Trinajstić information content (AvgIpc) is 3.91. The highest BCUT2D eigenvalue weighted by Gasteiger charge is 2.42. The molecule has 0 atom stereocenters. The van der Waals surface area contributed by atoms with Gasteiger partial charge in [0.15, 0.2) is 0 Å². The van der Waals surface area contributed by atoms with E-state index in [9.17, 15) is 0 Å². The number of hydrogen-bond acceptors (Lipinski definition) is 4. The Labute approximate surface area is 422 Å². The van der Waals surface area contributed by atoms with Gasteiger partial charge in [-0.15, -0.1) is 22.7 Å². The van der Waals surface area contributed by atoms with Gasteiger partial charge in [0, 0.05) is 48.2 Å². The molecule has 0 amide bonds. The van der Waals surface area contributed by atoms with Gasteiger partial charge in [-0.05, 0) is 174 Å². The predicted molar refractivity (Wildman–Crippen MR) is 308 cm³/mol. The molecule has 2 nitrogen and oxygen atoms in total. The minimum absolute atomic E-state index is 0.0476. The van der Waals surface area contributed by atoms with Crippen molar-refractivity contribution in [3.8, 4) is 22.3 Å². The summed E-state index contributed by atoms with van der Waals surface area (Å²) in [5, 5.41) is 10.4. The van der Waals surface area contributed by atoms with E-state index in [-0.39, 0.29) is 21.7 Å². The normalized spacial score (nSPS) is 17.2. The highest BCUT2D eigenvalue weighted by atomic mass is 32.1. The lowest BCUT2D eigenvalue weighted by molar-refractivity contribution is 0.332. The van der Waals surface area contributed by atoms with Crippen molar-refractivity contribution in [3.05, 3.63) is 173 Å². The standard InChI is InChI=1S/C65H60BN2S2/c1-38-31-49-51(64(6,7)29-27-62(49,2)3)36-54(38)68-58-48-35-50-52(65(8,9)30-28-63(50,4)5)37-56(48)70-61(58)66-57-46(34-47-44-21-15-16-22-55(44)69-60(47)59(57)68)45-32-41-19-13-14-20-42(41)33-53(45)67-43-25-23-40(24-26-43)39-17-11-10-12-18-39/h10-26,31-37,67H,27-30H2,1-9H3. The van der Waals surface area contributed by atoms with E-state index in [1.165, 1.54) is 144 Å². The van der Waals surface area contributed by atoms with E-state index in [1.54, 1.807) is 0 Å². The molecular weight excluding hydrogens is 884 g/mol. The fourth-order valence-electron chi connectivity index (χ4n) is 12.5. The number of fused-ring (bicyclic) bond motifs is 11. The molecule has 3 heterocycles. The smallest absolute Gasteiger partial charge is 0.211 e. The number of benzene rings is 8. The molecule has 8 aromatic carbocycles. The molecule has 1 N–H and O–H groups in total. The molecule has 2 aliphatic carbocycles. The van der Waals surface area contributed by atoms with Crippen LogP contribution in [0.1, 0.15) is 109 Å². The van der Waals surface area contributed by atoms with Crippen LogP contribution in [0.3, 0.4) is 0 Å². The molecule has 0 bridgehead atoms. The maximum Gasteiger partial charge on any atom is 0.211 e. The van der Waals surface area contributed by atoms with Crippen LogP contribution in [0.25, 0.3) is 63.3 Å². The predicted octanol–water partition coefficient (Wildman–Crippen LogP) is 17.9. The van der Waals surface area contributed by atoms with Crippen molar-refractivity contribution in [1.29, 1.82) is 0 Å². The third kappa shape index (κ3) is 6.78. The molecule has 0 unspecified atom stereocenters. The van der Waals surface area contributed by atoms with Gasteiger partial charge >= 0.3 is 0 Å². The number of rotatable bonds is 5. The van der Waals surface area contributed by atoms with Crippen molar-refractivity contribution < 1.29 is 0 Å². The Morgan fingerprint density at radius 1 is 0.486 bits per heavy atom. The van der Waals surface area contributed by atoms with Crippen LogP contribution in [0.15, 0.2) is 146 Å². The summed E-state index contributed by atoms with van der Waals surface area (Å²) in [5.41, 5.74) is 19.9. The van der Waals surface area contributed by atoms with Crippen molar-refractivity contribution in [1.82, 2.24) is 0 Å². The maximum atomic E-state index is 4.00. The summed E-state index contributed by atoms with van der Waals surface area (Å²) in [6.07, 6.45) is 4.74. The summed E-state index contributed by atoms with van der Waals surface area (Å²) in [7, 11) is 2.58. The zero-order valence-corrected chi connectivity index (χ0v) is 43.7. The summed E-state index contributed by atoms with van der Waals surface area (Å²) >= 11 is 3.94. The Bertz CT molecular complexity index is 3790. The van der Waals surface area contributed by atoms with Gasteiger partial charge in [0.05, 0.1) is 16.1 Å². The van der Waals surface area contributed by atoms with Gasteiger partial charge in [-0.2, -0.15) is 0 Å². The maximum absolute atomic E-state index is 4.00. The topological polar surface area (TPSA) is 15.3 Å². The van der Waals surface area contributed by atoms with Gasteiger partial charge in [-0.1, -0.05) is 146 Å². The summed E-state index contributed by atoms with van der Waals surface area (Å²) in [6, 6.07) is 55.3. The van der Waals surface area contributed by atoms with Crippen molar-refractivity contribution in [3.63, 3.8) is 0 Å². The van der Waals surface area contributed by atoms with E-state index in [2.05, 4.69) is 225 Å². The molecule has 13 rings (SSSR count). The van der Waals surface area contributed by atoms with Gasteiger partial charge in [0.1, 0.15) is 0 Å². The SMILES string of the molecule is Cc1cc2c(cc1N1c3c(sc4cc5c(cc34)C(C)(C)CCC5(C)C)[B]c3c(-c4cc5ccccc5cc4Nc4ccc(-c5ccccc5)cc4)cc4c(sc5ccccc54)c31)C(C)(C)CCC2(C)C. The number of anilines is 5. The summed E-state index contributed by atoms with van der Waals surface area (Å²) in [6.45, 7) is 22.1. The molecule has 0 spiro atoms. The van der Waals surface area contributed by atoms with E-state index in [1.807, 2.05) is 22.7 Å². The molecule has 70 heavy (non-hydrogen) atoms. The summed E-state index contributed by atoms with van der Waals surface area (Å²) in [5.74, 6) is 0. The van der Waals surface area contributed by atoms with E-state index in [4.69, 9.17) is 0 Å². The molecule has 1 aliphatic heterocycles. The van der Waals surface area contributed by atoms with Crippen LogP contribution in [0.5, 0.6) is 0 Å². The Hall–Kier alpha value is -6.14. The summed E-state index contributed by atoms with van der Waals surface area (Å²) < 4.78 is 5.35. The molecule has 1 radical (unpaired) electrons. The number of thiophene rings is 2. The molecule has 2 aromatic heterocycles. The highest BCUT2D eigenvalue weighted by Crippen LogP contribution is 2.56. The van der Waals surface area contributed by atoms with Gasteiger partial charge < -0.3 is 10.2 Å². The fourth-order valence-corrected chi connectivity index (χ4v) is 14.9. The second-order valence-corrected chi connectivity index (χ2v) is 25.5. The van der Waals surface area contributed by atoms with Crippen LogP contribution in [0.4, 0.5) is 28.4 Å². The van der Waals surface area contributed by atoms with Crippen molar-refractivity contribution in [2.75, 3.05) is 10.2 Å². The molecule has 3 aliphatic rings. The number of nitrogens with zero attached hydrogens (tertiary/aromatic N) is 1. The third-order valence-electron chi connectivity index (χ3n) is 16.9. The molecule has 10 aromatic rings. The largest absolute Gasteiger partial charge is 0.355 e. The first kappa shape index (κ1) is 43.9. The van der Waals surface area contributed by atoms with E-state index >= 15 is 0 Å². The summed E-state index contributed by atoms with van der Waals surface area (Å²) in [4.78, 5) is 2.77. The molecule has 0 fully saturated rings. The Morgan fingerprint density at radius 3 is 1.77 bits per heavy atom. The second kappa shape index (κ2) is 15.4. The minimum Gasteiger partial charge on any atom is -0.355 e. The zero-order valence-electron chi connectivity index (χ0n) is 42.0. The van der Waals surface area contributed by atoms with Crippen molar-refractivity contribution in [2.24, 2.45) is 0 Å². The Balaban J connectivity index is 1.12. The molecule has 5 heteroatoms. The van der Waals surface area contributed by atoms with Gasteiger partial charge in [-0.25, -0.2) is 0 Å². The molecular formula is C65H60BN2S2. The lowest BCUT2D eigenvalue weighted by Crippen LogP contribution is -2.40. The number of hydrogen-bond donors (Lipinski definition) is 1. The first-order valence-electron chi connectivity index (χ1n) is 25.4. The van der Waals surface area contributed by atoms with Crippen LogP contribution in [0.2, 0.25) is 0 Å². The molecule has 345 valence electrons. The quantitative estimate of drug-likeness (QED) is 0.173. The lowest BCUT2D eigenvalue weighted by Gasteiger charge is -2.44. The third-order valence-corrected chi connectivity index (χ3v) is 19.2. The highest BCUT2D eigenvalue weighted by molar-refractivity contribution is 7.30. The van der Waals surface area contributed by atoms with E-state index < -0.39 is 0 Å². The van der Waals surface area contributed by atoms with Crippen LogP contribution >= 0.6 is 22.7 Å². The monoisotopic (exact) mass is 943 g/mol.